The van der Waals surface area contributed by atoms with Crippen molar-refractivity contribution in [1.82, 2.24) is 20.1 Å². The number of nitrogens with one attached hydrogen (secondary N) is 1. The van der Waals surface area contributed by atoms with Crippen molar-refractivity contribution in [2.45, 2.75) is 6.54 Å². The fourth-order valence-corrected chi connectivity index (χ4v) is 1.04. The normalized spacial score (nSPS) is 10.1. The van der Waals surface area contributed by atoms with E-state index >= 15 is 0 Å². The van der Waals surface area contributed by atoms with Gasteiger partial charge in [-0.05, 0) is 0 Å². The van der Waals surface area contributed by atoms with E-state index in [1.54, 1.807) is 12.3 Å². The minimum Gasteiger partial charge on any atom is -0.467 e. The van der Waals surface area contributed by atoms with E-state index in [9.17, 15) is 0 Å². The molecule has 2 aromatic heterocycles. The van der Waals surface area contributed by atoms with Gasteiger partial charge in [0, 0.05) is 6.07 Å². The molecule has 0 unspecified atom stereocenters. The van der Waals surface area contributed by atoms with Crippen LogP contribution in [-0.4, -0.2) is 27.2 Å². The molecule has 0 saturated heterocycles. The van der Waals surface area contributed by atoms with Crippen molar-refractivity contribution in [2.75, 3.05) is 18.2 Å². The van der Waals surface area contributed by atoms with Gasteiger partial charge in [0.05, 0.1) is 19.9 Å². The number of anilines is 2. The van der Waals surface area contributed by atoms with Crippen LogP contribution in [0.25, 0.3) is 0 Å². The van der Waals surface area contributed by atoms with Crippen LogP contribution < -0.4 is 15.8 Å². The van der Waals surface area contributed by atoms with E-state index in [0.717, 1.165) is 0 Å². The van der Waals surface area contributed by atoms with E-state index < -0.39 is 0 Å². The molecule has 16 heavy (non-hydrogen) atoms. The average Bonchev–Trinajstić information content (AvgIpc) is 2.78. The molecule has 0 aliphatic rings. The lowest BCUT2D eigenvalue weighted by atomic mass is 10.4. The first-order valence-electron chi connectivity index (χ1n) is 4.47. The fraction of sp³-hybridized carbons (Fsp3) is 0.250. The van der Waals surface area contributed by atoms with Crippen molar-refractivity contribution in [3.05, 3.63) is 18.0 Å². The number of aromatic nitrogens is 4. The van der Waals surface area contributed by atoms with E-state index in [-0.39, 0.29) is 12.0 Å². The Bertz CT molecular complexity index is 458. The van der Waals surface area contributed by atoms with Crippen molar-refractivity contribution in [3.8, 4) is 6.01 Å². The second-order valence-electron chi connectivity index (χ2n) is 2.84. The summed E-state index contributed by atoms with van der Waals surface area (Å²) in [6.07, 6.45) is 1.55. The molecular formula is C8H10N6O2. The Morgan fingerprint density at radius 3 is 3.00 bits per heavy atom. The predicted octanol–water partition coefficient (Wildman–Crippen LogP) is 0.0625. The molecule has 2 heterocycles. The third-order valence-electron chi connectivity index (χ3n) is 1.73. The fourth-order valence-electron chi connectivity index (χ4n) is 1.04. The topological polar surface area (TPSA) is 112 Å². The van der Waals surface area contributed by atoms with Gasteiger partial charge in [0.15, 0.2) is 5.76 Å². The molecule has 0 amide bonds. The van der Waals surface area contributed by atoms with Crippen LogP contribution in [0.2, 0.25) is 0 Å². The second kappa shape index (κ2) is 4.43. The first kappa shape index (κ1) is 10.1. The number of methoxy groups -OCH3 is 1. The summed E-state index contributed by atoms with van der Waals surface area (Å²) < 4.78 is 9.75. The van der Waals surface area contributed by atoms with Crippen molar-refractivity contribution in [1.29, 1.82) is 0 Å². The third kappa shape index (κ3) is 2.35. The molecule has 2 rings (SSSR count). The maximum atomic E-state index is 5.47. The van der Waals surface area contributed by atoms with Gasteiger partial charge in [-0.2, -0.15) is 15.0 Å². The van der Waals surface area contributed by atoms with E-state index in [1.165, 1.54) is 7.11 Å². The van der Waals surface area contributed by atoms with Crippen molar-refractivity contribution in [3.63, 3.8) is 0 Å². The minimum atomic E-state index is 0.0897. The van der Waals surface area contributed by atoms with Crippen molar-refractivity contribution in [2.24, 2.45) is 0 Å². The molecular weight excluding hydrogens is 212 g/mol. The van der Waals surface area contributed by atoms with Gasteiger partial charge in [0.25, 0.3) is 0 Å². The van der Waals surface area contributed by atoms with Gasteiger partial charge < -0.3 is 20.3 Å². The second-order valence-corrected chi connectivity index (χ2v) is 2.84. The van der Waals surface area contributed by atoms with Gasteiger partial charge in [0.2, 0.25) is 11.9 Å². The summed E-state index contributed by atoms with van der Waals surface area (Å²) in [5.74, 6) is 1.07. The van der Waals surface area contributed by atoms with Crippen LogP contribution in [0.1, 0.15) is 5.76 Å². The molecule has 0 aliphatic heterocycles. The lowest BCUT2D eigenvalue weighted by molar-refractivity contribution is 0.378. The Hall–Kier alpha value is -2.38. The Morgan fingerprint density at radius 2 is 2.31 bits per heavy atom. The highest BCUT2D eigenvalue weighted by molar-refractivity contribution is 5.32. The molecule has 0 bridgehead atoms. The molecule has 0 saturated carbocycles. The number of hydrogen-bond donors (Lipinski definition) is 2. The van der Waals surface area contributed by atoms with E-state index in [1.807, 2.05) is 0 Å². The van der Waals surface area contributed by atoms with Gasteiger partial charge in [-0.1, -0.05) is 5.16 Å². The van der Waals surface area contributed by atoms with Gasteiger partial charge in [-0.3, -0.25) is 0 Å². The predicted molar refractivity (Wildman–Crippen MR) is 54.6 cm³/mol. The van der Waals surface area contributed by atoms with Crippen LogP contribution in [0.15, 0.2) is 16.8 Å². The average molecular weight is 222 g/mol. The molecule has 84 valence electrons. The van der Waals surface area contributed by atoms with Gasteiger partial charge in [-0.25, -0.2) is 0 Å². The zero-order chi connectivity index (χ0) is 11.4. The van der Waals surface area contributed by atoms with Crippen molar-refractivity contribution >= 4 is 11.9 Å². The molecule has 8 nitrogen and oxygen atoms in total. The Kier molecular flexibility index (Phi) is 2.81. The van der Waals surface area contributed by atoms with Crippen molar-refractivity contribution < 1.29 is 9.26 Å². The number of nitrogens with zero attached hydrogens (tertiary/aromatic N) is 4. The lowest BCUT2D eigenvalue weighted by Gasteiger charge is -2.04. The van der Waals surface area contributed by atoms with E-state index in [2.05, 4.69) is 25.4 Å². The first-order chi connectivity index (χ1) is 7.78. The maximum Gasteiger partial charge on any atom is 0.322 e. The van der Waals surface area contributed by atoms with Crippen LogP contribution in [0.3, 0.4) is 0 Å². The summed E-state index contributed by atoms with van der Waals surface area (Å²) >= 11 is 0. The Balaban J connectivity index is 2.06. The summed E-state index contributed by atoms with van der Waals surface area (Å²) in [6, 6.07) is 1.89. The molecule has 0 atom stereocenters. The van der Waals surface area contributed by atoms with Crippen LogP contribution in [0.5, 0.6) is 6.01 Å². The summed E-state index contributed by atoms with van der Waals surface area (Å²) in [5.41, 5.74) is 5.47. The summed E-state index contributed by atoms with van der Waals surface area (Å²) in [6.45, 7) is 0.409. The highest BCUT2D eigenvalue weighted by Gasteiger charge is 2.04. The molecule has 3 N–H and O–H groups in total. The minimum absolute atomic E-state index is 0.0897. The van der Waals surface area contributed by atoms with Crippen LogP contribution in [0, 0.1) is 0 Å². The molecule has 0 aliphatic carbocycles. The smallest absolute Gasteiger partial charge is 0.322 e. The largest absolute Gasteiger partial charge is 0.467 e. The first-order valence-corrected chi connectivity index (χ1v) is 4.47. The number of hydrogen-bond acceptors (Lipinski definition) is 8. The van der Waals surface area contributed by atoms with Gasteiger partial charge >= 0.3 is 6.01 Å². The molecule has 2 aromatic rings. The molecule has 0 fully saturated rings. The van der Waals surface area contributed by atoms with Gasteiger partial charge in [-0.15, -0.1) is 0 Å². The number of nitrogens with two attached hydrogens (primary N) is 1. The summed E-state index contributed by atoms with van der Waals surface area (Å²) in [5, 5.41) is 6.47. The van der Waals surface area contributed by atoms with E-state index in [0.29, 0.717) is 18.3 Å². The highest BCUT2D eigenvalue weighted by Crippen LogP contribution is 2.09. The molecule has 8 heteroatoms. The molecule has 0 aromatic carbocycles. The zero-order valence-electron chi connectivity index (χ0n) is 8.54. The SMILES string of the molecule is COc1nc(N)nc(NCc2ccno2)n1. The number of rotatable bonds is 4. The Labute approximate surface area is 90.8 Å². The standard InChI is InChI=1S/C8H10N6O2/c1-15-8-13-6(9)12-7(14-8)10-4-5-2-3-11-16-5/h2-3H,4H2,1H3,(H3,9,10,12,13,14). The quantitative estimate of drug-likeness (QED) is 0.746. The summed E-state index contributed by atoms with van der Waals surface area (Å²) in [7, 11) is 1.45. The van der Waals surface area contributed by atoms with E-state index in [4.69, 9.17) is 15.0 Å². The maximum absolute atomic E-state index is 5.47. The molecule has 0 radical (unpaired) electrons. The zero-order valence-corrected chi connectivity index (χ0v) is 8.54. The number of nitrogen functional groups attached to an aromatic ring is 1. The van der Waals surface area contributed by atoms with Gasteiger partial charge in [0.1, 0.15) is 0 Å². The third-order valence-corrected chi connectivity index (χ3v) is 1.73. The van der Waals surface area contributed by atoms with Crippen LogP contribution >= 0.6 is 0 Å². The number of ether oxygens (including phenoxy) is 1. The summed E-state index contributed by atoms with van der Waals surface area (Å²) in [4.78, 5) is 11.6. The van der Waals surface area contributed by atoms with Crippen LogP contribution in [0.4, 0.5) is 11.9 Å². The Morgan fingerprint density at radius 1 is 1.44 bits per heavy atom. The van der Waals surface area contributed by atoms with Crippen LogP contribution in [-0.2, 0) is 6.54 Å². The molecule has 0 spiro atoms. The monoisotopic (exact) mass is 222 g/mol. The lowest BCUT2D eigenvalue weighted by Crippen LogP contribution is -2.07. The highest BCUT2D eigenvalue weighted by atomic mass is 16.5.